The fraction of sp³-hybridized carbons (Fsp3) is 0.385. The topological polar surface area (TPSA) is 63.6 Å². The highest BCUT2D eigenvalue weighted by atomic mass is 79.9. The molecule has 1 aromatic rings. The maximum Gasteiger partial charge on any atom is 0.338 e. The maximum absolute atomic E-state index is 11.8. The van der Waals surface area contributed by atoms with Gasteiger partial charge in [-0.25, -0.2) is 4.79 Å². The first kappa shape index (κ1) is 14.9. The van der Waals surface area contributed by atoms with E-state index >= 15 is 0 Å². The van der Waals surface area contributed by atoms with Gasteiger partial charge in [0.15, 0.2) is 0 Å². The lowest BCUT2D eigenvalue weighted by atomic mass is 10.00. The molecule has 18 heavy (non-hydrogen) atoms. The van der Waals surface area contributed by atoms with Crippen LogP contribution in [0.5, 0.6) is 0 Å². The van der Waals surface area contributed by atoms with Crippen LogP contribution in [0.25, 0.3) is 0 Å². The first-order valence-electron chi connectivity index (χ1n) is 5.59. The summed E-state index contributed by atoms with van der Waals surface area (Å²) >= 11 is 3.09. The molecule has 0 fully saturated rings. The summed E-state index contributed by atoms with van der Waals surface area (Å²) in [5.41, 5.74) is 1.58. The summed E-state index contributed by atoms with van der Waals surface area (Å²) in [7, 11) is 0. The van der Waals surface area contributed by atoms with Crippen molar-refractivity contribution in [2.45, 2.75) is 20.0 Å². The third-order valence-corrected chi connectivity index (χ3v) is 3.01. The van der Waals surface area contributed by atoms with Crippen molar-refractivity contribution in [3.05, 3.63) is 34.9 Å². The molecule has 0 atom stereocenters. The molecule has 0 unspecified atom stereocenters. The lowest BCUT2D eigenvalue weighted by molar-refractivity contribution is -0.115. The Morgan fingerprint density at radius 2 is 2.11 bits per heavy atom. The van der Waals surface area contributed by atoms with Crippen LogP contribution in [-0.2, 0) is 22.6 Å². The minimum Gasteiger partial charge on any atom is -0.462 e. The first-order chi connectivity index (χ1) is 8.62. The number of aliphatic hydroxyl groups is 1. The average molecular weight is 315 g/mol. The van der Waals surface area contributed by atoms with Crippen LogP contribution in [0.4, 0.5) is 0 Å². The van der Waals surface area contributed by atoms with Gasteiger partial charge in [-0.05, 0) is 24.1 Å². The van der Waals surface area contributed by atoms with Gasteiger partial charge < -0.3 is 9.84 Å². The van der Waals surface area contributed by atoms with Crippen molar-refractivity contribution in [3.8, 4) is 0 Å². The van der Waals surface area contributed by atoms with Crippen LogP contribution in [0.2, 0.25) is 0 Å². The second kappa shape index (κ2) is 7.28. The molecule has 0 bridgehead atoms. The summed E-state index contributed by atoms with van der Waals surface area (Å²) < 4.78 is 4.94. The highest BCUT2D eigenvalue weighted by molar-refractivity contribution is 9.09. The first-order valence-corrected chi connectivity index (χ1v) is 6.72. The van der Waals surface area contributed by atoms with Gasteiger partial charge in [0, 0.05) is 6.42 Å². The molecule has 1 N–H and O–H groups in total. The molecular weight excluding hydrogens is 300 g/mol. The van der Waals surface area contributed by atoms with Gasteiger partial charge in [0.1, 0.15) is 5.78 Å². The normalized spacial score (nSPS) is 10.2. The highest BCUT2D eigenvalue weighted by Gasteiger charge is 2.15. The Balaban J connectivity index is 3.07. The number of hydrogen-bond acceptors (Lipinski definition) is 4. The molecular formula is C13H15BrO4. The number of benzene rings is 1. The molecule has 0 aliphatic heterocycles. The Bertz CT molecular complexity index is 443. The number of Topliss-reactive ketones (excluding diaryl/α,β-unsaturated/α-hetero) is 1. The number of carbonyl (C=O) groups is 2. The second-order valence-electron chi connectivity index (χ2n) is 3.72. The Morgan fingerprint density at radius 3 is 2.67 bits per heavy atom. The predicted octanol–water partition coefficient (Wildman–Crippen LogP) is 1.86. The molecule has 0 aliphatic rings. The van der Waals surface area contributed by atoms with Crippen LogP contribution >= 0.6 is 15.9 Å². The SMILES string of the molecule is CCOC(=O)c1cc(CO)ccc1CC(=O)CBr. The van der Waals surface area contributed by atoms with Gasteiger partial charge in [-0.1, -0.05) is 28.1 Å². The number of esters is 1. The smallest absolute Gasteiger partial charge is 0.338 e. The molecule has 0 heterocycles. The van der Waals surface area contributed by atoms with E-state index < -0.39 is 5.97 Å². The largest absolute Gasteiger partial charge is 0.462 e. The second-order valence-corrected chi connectivity index (χ2v) is 4.28. The minimum absolute atomic E-state index is 0.0164. The standard InChI is InChI=1S/C13H15BrO4/c1-2-18-13(17)12-5-9(8-15)3-4-10(12)6-11(16)7-14/h3-5,15H,2,6-8H2,1H3. The third-order valence-electron chi connectivity index (χ3n) is 2.39. The molecule has 0 saturated carbocycles. The number of hydrogen-bond donors (Lipinski definition) is 1. The molecule has 0 aliphatic carbocycles. The molecule has 0 radical (unpaired) electrons. The Kier molecular flexibility index (Phi) is 6.01. The van der Waals surface area contributed by atoms with E-state index in [0.717, 1.165) is 0 Å². The fourth-order valence-electron chi connectivity index (χ4n) is 1.53. The summed E-state index contributed by atoms with van der Waals surface area (Å²) in [6, 6.07) is 4.94. The molecule has 4 nitrogen and oxygen atoms in total. The zero-order valence-corrected chi connectivity index (χ0v) is 11.7. The van der Waals surface area contributed by atoms with Gasteiger partial charge in [0.2, 0.25) is 0 Å². The van der Waals surface area contributed by atoms with E-state index in [1.807, 2.05) is 0 Å². The maximum atomic E-state index is 11.8. The summed E-state index contributed by atoms with van der Waals surface area (Å²) in [4.78, 5) is 23.2. The fourth-order valence-corrected chi connectivity index (χ4v) is 1.73. The number of aliphatic hydroxyl groups excluding tert-OH is 1. The number of alkyl halides is 1. The quantitative estimate of drug-likeness (QED) is 0.643. The molecule has 0 aromatic heterocycles. The van der Waals surface area contributed by atoms with E-state index in [1.165, 1.54) is 0 Å². The zero-order chi connectivity index (χ0) is 13.5. The minimum atomic E-state index is -0.467. The van der Waals surface area contributed by atoms with Gasteiger partial charge in [-0.3, -0.25) is 4.79 Å². The Morgan fingerprint density at radius 1 is 1.39 bits per heavy atom. The number of ketones is 1. The number of carbonyl (C=O) groups excluding carboxylic acids is 2. The molecule has 1 rings (SSSR count). The lowest BCUT2D eigenvalue weighted by Gasteiger charge is -2.09. The van der Waals surface area contributed by atoms with Gasteiger partial charge in [0.05, 0.1) is 24.1 Å². The van der Waals surface area contributed by atoms with E-state index in [2.05, 4.69) is 15.9 Å². The van der Waals surface area contributed by atoms with Crippen molar-refractivity contribution >= 4 is 27.7 Å². The number of rotatable bonds is 6. The summed E-state index contributed by atoms with van der Waals surface area (Å²) in [5, 5.41) is 9.31. The number of ether oxygens (including phenoxy) is 1. The van der Waals surface area contributed by atoms with Crippen LogP contribution in [-0.4, -0.2) is 28.8 Å². The Labute approximate surface area is 114 Å². The van der Waals surface area contributed by atoms with Gasteiger partial charge >= 0.3 is 5.97 Å². The summed E-state index contributed by atoms with van der Waals surface area (Å²) in [6.45, 7) is 1.84. The van der Waals surface area contributed by atoms with Crippen molar-refractivity contribution in [3.63, 3.8) is 0 Å². The Hall–Kier alpha value is -1.20. The third kappa shape index (κ3) is 3.92. The van der Waals surface area contributed by atoms with E-state index in [-0.39, 0.29) is 30.7 Å². The summed E-state index contributed by atoms with van der Waals surface area (Å²) in [5.74, 6) is -0.484. The highest BCUT2D eigenvalue weighted by Crippen LogP contribution is 2.15. The molecule has 98 valence electrons. The number of halogens is 1. The van der Waals surface area contributed by atoms with Crippen LogP contribution in [0.3, 0.4) is 0 Å². The molecule has 0 spiro atoms. The van der Waals surface area contributed by atoms with E-state index in [4.69, 9.17) is 9.84 Å². The van der Waals surface area contributed by atoms with Gasteiger partial charge in [0.25, 0.3) is 0 Å². The van der Waals surface area contributed by atoms with E-state index in [9.17, 15) is 9.59 Å². The van der Waals surface area contributed by atoms with E-state index in [0.29, 0.717) is 16.7 Å². The van der Waals surface area contributed by atoms with Crippen LogP contribution in [0.1, 0.15) is 28.4 Å². The molecule has 5 heteroatoms. The van der Waals surface area contributed by atoms with Crippen LogP contribution in [0.15, 0.2) is 18.2 Å². The average Bonchev–Trinajstić information content (AvgIpc) is 2.39. The van der Waals surface area contributed by atoms with Crippen molar-refractivity contribution in [2.75, 3.05) is 11.9 Å². The van der Waals surface area contributed by atoms with Gasteiger partial charge in [-0.2, -0.15) is 0 Å². The monoisotopic (exact) mass is 314 g/mol. The zero-order valence-electron chi connectivity index (χ0n) is 10.1. The molecule has 0 amide bonds. The molecule has 1 aromatic carbocycles. The lowest BCUT2D eigenvalue weighted by Crippen LogP contribution is -2.12. The van der Waals surface area contributed by atoms with Crippen molar-refractivity contribution in [1.82, 2.24) is 0 Å². The van der Waals surface area contributed by atoms with Gasteiger partial charge in [-0.15, -0.1) is 0 Å². The van der Waals surface area contributed by atoms with Crippen molar-refractivity contribution in [2.24, 2.45) is 0 Å². The van der Waals surface area contributed by atoms with Crippen molar-refractivity contribution in [1.29, 1.82) is 0 Å². The van der Waals surface area contributed by atoms with Crippen LogP contribution < -0.4 is 0 Å². The summed E-state index contributed by atoms with van der Waals surface area (Å²) in [6.07, 6.45) is 0.172. The van der Waals surface area contributed by atoms with E-state index in [1.54, 1.807) is 25.1 Å². The predicted molar refractivity (Wildman–Crippen MR) is 70.8 cm³/mol. The molecule has 0 saturated heterocycles. The van der Waals surface area contributed by atoms with Crippen molar-refractivity contribution < 1.29 is 19.4 Å². The van der Waals surface area contributed by atoms with Crippen LogP contribution in [0, 0.1) is 0 Å².